The average molecular weight is 139 g/mol. The molecule has 0 heterocycles. The van der Waals surface area contributed by atoms with Crippen LogP contribution < -0.4 is 5.73 Å². The minimum absolute atomic E-state index is 0.00174. The Hall–Kier alpha value is -0.640. The second-order valence-corrected chi connectivity index (χ2v) is 4.14. The fraction of sp³-hybridized carbons (Fsp3) is 0.778. The summed E-state index contributed by atoms with van der Waals surface area (Å²) >= 11 is 0. The van der Waals surface area contributed by atoms with Gasteiger partial charge in [0.25, 0.3) is 0 Å². The molecule has 1 heteroatoms. The zero-order chi connectivity index (χ0) is 8.41. The summed E-state index contributed by atoms with van der Waals surface area (Å²) in [6.07, 6.45) is 0. The fourth-order valence-electron chi connectivity index (χ4n) is 0.368. The van der Waals surface area contributed by atoms with Gasteiger partial charge in [-0.2, -0.15) is 0 Å². The van der Waals surface area contributed by atoms with E-state index < -0.39 is 0 Å². The first-order valence-electron chi connectivity index (χ1n) is 3.54. The van der Waals surface area contributed by atoms with Crippen molar-refractivity contribution in [2.75, 3.05) is 0 Å². The van der Waals surface area contributed by atoms with Crippen LogP contribution in [0.5, 0.6) is 0 Å². The lowest BCUT2D eigenvalue weighted by molar-refractivity contribution is 0.205. The first-order chi connectivity index (χ1) is 4.31. The van der Waals surface area contributed by atoms with Crippen molar-refractivity contribution in [3.63, 3.8) is 0 Å². The smallest absolute Gasteiger partial charge is 0.0324 e. The van der Waals surface area contributed by atoms with Gasteiger partial charge in [0.15, 0.2) is 0 Å². The molecule has 0 atom stereocenters. The van der Waals surface area contributed by atoms with E-state index in [2.05, 4.69) is 46.6 Å². The van der Waals surface area contributed by atoms with Crippen molar-refractivity contribution in [1.29, 1.82) is 0 Å². The molecule has 0 aliphatic heterocycles. The van der Waals surface area contributed by atoms with Gasteiger partial charge in [0.2, 0.25) is 0 Å². The first-order valence-corrected chi connectivity index (χ1v) is 3.54. The Morgan fingerprint density at radius 2 is 1.40 bits per heavy atom. The molecule has 0 aliphatic rings. The Kier molecular flexibility index (Phi) is 2.37. The molecule has 10 heavy (non-hydrogen) atoms. The fourth-order valence-corrected chi connectivity index (χ4v) is 0.368. The van der Waals surface area contributed by atoms with E-state index >= 15 is 0 Å². The zero-order valence-corrected chi connectivity index (χ0v) is 7.58. The average Bonchev–Trinajstić information content (AvgIpc) is 1.61. The molecule has 2 N–H and O–H groups in total. The molecule has 0 saturated carbocycles. The minimum atomic E-state index is 0.00174. The molecule has 0 saturated heterocycles. The highest BCUT2D eigenvalue weighted by Crippen LogP contribution is 2.36. The van der Waals surface area contributed by atoms with Crippen LogP contribution >= 0.6 is 0 Å². The molecule has 0 unspecified atom stereocenters. The number of rotatable bonds is 0. The SMILES string of the molecule is CC(C)(C)C(C)(C)C#CN. The van der Waals surface area contributed by atoms with E-state index in [1.807, 2.05) is 0 Å². The summed E-state index contributed by atoms with van der Waals surface area (Å²) in [6.45, 7) is 10.7. The Balaban J connectivity index is 4.51. The van der Waals surface area contributed by atoms with Gasteiger partial charge in [-0.05, 0) is 19.3 Å². The highest BCUT2D eigenvalue weighted by Gasteiger charge is 2.30. The number of hydrogen-bond donors (Lipinski definition) is 1. The lowest BCUT2D eigenvalue weighted by Gasteiger charge is -2.33. The largest absolute Gasteiger partial charge is 0.359 e. The van der Waals surface area contributed by atoms with Crippen LogP contribution in [0.4, 0.5) is 0 Å². The maximum absolute atomic E-state index is 5.15. The van der Waals surface area contributed by atoms with Crippen molar-refractivity contribution < 1.29 is 0 Å². The van der Waals surface area contributed by atoms with Crippen molar-refractivity contribution in [2.24, 2.45) is 16.6 Å². The Morgan fingerprint density at radius 3 is 1.50 bits per heavy atom. The van der Waals surface area contributed by atoms with E-state index in [9.17, 15) is 0 Å². The molecule has 0 bridgehead atoms. The topological polar surface area (TPSA) is 26.0 Å². The predicted molar refractivity (Wildman–Crippen MR) is 45.2 cm³/mol. The maximum atomic E-state index is 5.15. The van der Waals surface area contributed by atoms with E-state index in [1.165, 1.54) is 0 Å². The van der Waals surface area contributed by atoms with E-state index in [-0.39, 0.29) is 10.8 Å². The Labute approximate surface area is 64.0 Å². The maximum Gasteiger partial charge on any atom is 0.0324 e. The monoisotopic (exact) mass is 139 g/mol. The molecule has 0 aliphatic carbocycles. The molecule has 0 radical (unpaired) electrons. The summed E-state index contributed by atoms with van der Waals surface area (Å²) in [6, 6.07) is 2.46. The Bertz CT molecular complexity index is 161. The lowest BCUT2D eigenvalue weighted by Crippen LogP contribution is -2.28. The highest BCUT2D eigenvalue weighted by molar-refractivity contribution is 5.10. The zero-order valence-electron chi connectivity index (χ0n) is 7.58. The van der Waals surface area contributed by atoms with Gasteiger partial charge in [-0.1, -0.05) is 26.7 Å². The van der Waals surface area contributed by atoms with Crippen molar-refractivity contribution in [2.45, 2.75) is 34.6 Å². The van der Waals surface area contributed by atoms with Crippen LogP contribution in [0.1, 0.15) is 34.6 Å². The van der Waals surface area contributed by atoms with E-state index in [0.29, 0.717) is 0 Å². The summed E-state index contributed by atoms with van der Waals surface area (Å²) < 4.78 is 0. The molecular formula is C9H17N. The third-order valence-electron chi connectivity index (χ3n) is 2.26. The lowest BCUT2D eigenvalue weighted by atomic mass is 9.70. The molecule has 0 amide bonds. The van der Waals surface area contributed by atoms with E-state index in [4.69, 9.17) is 5.73 Å². The predicted octanol–water partition coefficient (Wildman–Crippen LogP) is 1.98. The summed E-state index contributed by atoms with van der Waals surface area (Å²) in [5.74, 6) is 2.99. The first kappa shape index (κ1) is 9.36. The van der Waals surface area contributed by atoms with Crippen LogP contribution in [0.2, 0.25) is 0 Å². The van der Waals surface area contributed by atoms with Gasteiger partial charge in [-0.15, -0.1) is 0 Å². The number of hydrogen-bond acceptors (Lipinski definition) is 1. The molecule has 0 aromatic rings. The van der Waals surface area contributed by atoms with Crippen LogP contribution in [0, 0.1) is 22.8 Å². The molecule has 0 spiro atoms. The summed E-state index contributed by atoms with van der Waals surface area (Å²) in [5, 5.41) is 0. The Morgan fingerprint density at radius 1 is 1.00 bits per heavy atom. The second-order valence-electron chi connectivity index (χ2n) is 4.14. The quantitative estimate of drug-likeness (QED) is 0.403. The van der Waals surface area contributed by atoms with Crippen molar-refractivity contribution in [3.8, 4) is 12.0 Å². The van der Waals surface area contributed by atoms with Crippen LogP contribution in [-0.4, -0.2) is 0 Å². The second kappa shape index (κ2) is 2.54. The summed E-state index contributed by atoms with van der Waals surface area (Å²) in [4.78, 5) is 0. The van der Waals surface area contributed by atoms with Crippen LogP contribution in [0.15, 0.2) is 0 Å². The molecule has 0 fully saturated rings. The van der Waals surface area contributed by atoms with Gasteiger partial charge in [-0.25, -0.2) is 0 Å². The standard InChI is InChI=1S/C9H17N/c1-8(2,3)9(4,5)6-7-10/h10H2,1-5H3. The van der Waals surface area contributed by atoms with Gasteiger partial charge >= 0.3 is 0 Å². The third-order valence-corrected chi connectivity index (χ3v) is 2.26. The van der Waals surface area contributed by atoms with E-state index in [1.54, 1.807) is 0 Å². The molecule has 58 valence electrons. The van der Waals surface area contributed by atoms with Crippen molar-refractivity contribution in [3.05, 3.63) is 0 Å². The molecule has 0 aromatic heterocycles. The summed E-state index contributed by atoms with van der Waals surface area (Å²) in [7, 11) is 0. The normalized spacial score (nSPS) is 12.1. The van der Waals surface area contributed by atoms with Gasteiger partial charge in [0.05, 0.1) is 0 Å². The van der Waals surface area contributed by atoms with Crippen LogP contribution in [0.3, 0.4) is 0 Å². The van der Waals surface area contributed by atoms with Crippen LogP contribution in [-0.2, 0) is 0 Å². The molecule has 0 rings (SSSR count). The minimum Gasteiger partial charge on any atom is -0.359 e. The van der Waals surface area contributed by atoms with Gasteiger partial charge < -0.3 is 5.73 Å². The molecule has 1 nitrogen and oxygen atoms in total. The van der Waals surface area contributed by atoms with Crippen LogP contribution in [0.25, 0.3) is 0 Å². The molecule has 0 aromatic carbocycles. The summed E-state index contributed by atoms with van der Waals surface area (Å²) in [5.41, 5.74) is 5.35. The van der Waals surface area contributed by atoms with Crippen molar-refractivity contribution in [1.82, 2.24) is 0 Å². The van der Waals surface area contributed by atoms with Gasteiger partial charge in [0, 0.05) is 11.5 Å². The van der Waals surface area contributed by atoms with Crippen molar-refractivity contribution >= 4 is 0 Å². The highest BCUT2D eigenvalue weighted by atomic mass is 14.5. The molecular weight excluding hydrogens is 122 g/mol. The van der Waals surface area contributed by atoms with E-state index in [0.717, 1.165) is 0 Å². The number of nitrogens with two attached hydrogens (primary N) is 1. The van der Waals surface area contributed by atoms with Gasteiger partial charge in [0.1, 0.15) is 0 Å². The van der Waals surface area contributed by atoms with Gasteiger partial charge in [-0.3, -0.25) is 0 Å². The third kappa shape index (κ3) is 1.95.